The fourth-order valence-corrected chi connectivity index (χ4v) is 3.29. The molecular formula is C19H22F3N5O2. The van der Waals surface area contributed by atoms with Gasteiger partial charge in [-0.05, 0) is 31.4 Å². The van der Waals surface area contributed by atoms with Gasteiger partial charge >= 0.3 is 6.18 Å². The van der Waals surface area contributed by atoms with E-state index >= 15 is 0 Å². The van der Waals surface area contributed by atoms with E-state index in [-0.39, 0.29) is 23.2 Å². The monoisotopic (exact) mass is 409 g/mol. The summed E-state index contributed by atoms with van der Waals surface area (Å²) >= 11 is 0. The Bertz CT molecular complexity index is 873. The molecular weight excluding hydrogens is 387 g/mol. The van der Waals surface area contributed by atoms with Crippen LogP contribution in [0.4, 0.5) is 13.2 Å². The zero-order chi connectivity index (χ0) is 21.0. The molecule has 1 aromatic heterocycles. The molecule has 1 fully saturated rings. The van der Waals surface area contributed by atoms with Crippen molar-refractivity contribution >= 4 is 11.8 Å². The van der Waals surface area contributed by atoms with E-state index < -0.39 is 17.6 Å². The number of alkyl halides is 3. The quantitative estimate of drug-likeness (QED) is 0.824. The Morgan fingerprint density at radius 1 is 1.21 bits per heavy atom. The van der Waals surface area contributed by atoms with Crippen LogP contribution in [-0.4, -0.2) is 51.3 Å². The fourth-order valence-electron chi connectivity index (χ4n) is 3.29. The molecule has 1 aliphatic rings. The van der Waals surface area contributed by atoms with Crippen molar-refractivity contribution in [1.82, 2.24) is 25.2 Å². The number of rotatable bonds is 5. The van der Waals surface area contributed by atoms with Crippen LogP contribution in [0.1, 0.15) is 42.2 Å². The number of halogens is 3. The molecule has 29 heavy (non-hydrogen) atoms. The highest BCUT2D eigenvalue weighted by molar-refractivity contribution is 5.92. The van der Waals surface area contributed by atoms with Gasteiger partial charge in [0.05, 0.1) is 17.4 Å². The van der Waals surface area contributed by atoms with Gasteiger partial charge in [0, 0.05) is 25.6 Å². The number of amides is 2. The highest BCUT2D eigenvalue weighted by Crippen LogP contribution is 2.33. The zero-order valence-electron chi connectivity index (χ0n) is 15.9. The van der Waals surface area contributed by atoms with E-state index in [1.807, 2.05) is 6.92 Å². The van der Waals surface area contributed by atoms with E-state index in [0.717, 1.165) is 17.2 Å². The summed E-state index contributed by atoms with van der Waals surface area (Å²) in [5.74, 6) is -0.554. The molecule has 0 radical (unpaired) electrons. The molecule has 0 spiro atoms. The average Bonchev–Trinajstić information content (AvgIpc) is 3.21. The van der Waals surface area contributed by atoms with Crippen molar-refractivity contribution in [3.63, 3.8) is 0 Å². The first-order valence-electron chi connectivity index (χ1n) is 9.47. The Hall–Kier alpha value is -2.91. The molecule has 3 rings (SSSR count). The minimum absolute atomic E-state index is 0.00588. The first-order valence-corrected chi connectivity index (χ1v) is 9.47. The molecule has 0 bridgehead atoms. The molecule has 1 N–H and O–H groups in total. The lowest BCUT2D eigenvalue weighted by Gasteiger charge is -2.30. The Morgan fingerprint density at radius 3 is 2.55 bits per heavy atom. The maximum atomic E-state index is 13.2. The SMILES string of the molecule is CCCNC(=O)C1CCN(C(=O)c2cn(-c3ccccc3C(F)(F)F)nn2)CC1. The Kier molecular flexibility index (Phi) is 6.19. The third-order valence-corrected chi connectivity index (χ3v) is 4.87. The minimum Gasteiger partial charge on any atom is -0.356 e. The van der Waals surface area contributed by atoms with E-state index in [1.165, 1.54) is 24.4 Å². The summed E-state index contributed by atoms with van der Waals surface area (Å²) in [6, 6.07) is 4.97. The van der Waals surface area contributed by atoms with Crippen molar-refractivity contribution in [2.75, 3.05) is 19.6 Å². The summed E-state index contributed by atoms with van der Waals surface area (Å²) in [6.07, 6.45) is -1.42. The number of piperidine rings is 1. The summed E-state index contributed by atoms with van der Waals surface area (Å²) in [7, 11) is 0. The molecule has 1 aliphatic heterocycles. The molecule has 2 amide bonds. The molecule has 0 unspecified atom stereocenters. The third-order valence-electron chi connectivity index (χ3n) is 4.87. The topological polar surface area (TPSA) is 80.1 Å². The van der Waals surface area contributed by atoms with Crippen LogP contribution >= 0.6 is 0 Å². The number of benzene rings is 1. The van der Waals surface area contributed by atoms with E-state index in [4.69, 9.17) is 0 Å². The number of carbonyl (C=O) groups is 2. The second-order valence-corrected chi connectivity index (χ2v) is 6.92. The number of nitrogens with zero attached hydrogens (tertiary/aromatic N) is 4. The Balaban J connectivity index is 1.68. The number of hydrogen-bond donors (Lipinski definition) is 1. The predicted molar refractivity (Wildman–Crippen MR) is 98.3 cm³/mol. The maximum Gasteiger partial charge on any atom is 0.418 e. The lowest BCUT2D eigenvalue weighted by atomic mass is 9.95. The number of hydrogen-bond acceptors (Lipinski definition) is 4. The van der Waals surface area contributed by atoms with E-state index in [9.17, 15) is 22.8 Å². The Labute approximate surface area is 165 Å². The molecule has 1 saturated heterocycles. The van der Waals surface area contributed by atoms with Crippen LogP contribution in [-0.2, 0) is 11.0 Å². The van der Waals surface area contributed by atoms with E-state index in [0.29, 0.717) is 32.5 Å². The standard InChI is InChI=1S/C19H22F3N5O2/c1-2-9-23-17(28)13-7-10-26(11-8-13)18(29)15-12-27(25-24-15)16-6-4-3-5-14(16)19(20,21)22/h3-6,12-13H,2,7-11H2,1H3,(H,23,28). The first kappa shape index (κ1) is 20.8. The summed E-state index contributed by atoms with van der Waals surface area (Å²) < 4.78 is 40.6. The van der Waals surface area contributed by atoms with Gasteiger partial charge in [0.2, 0.25) is 5.91 Å². The highest BCUT2D eigenvalue weighted by Gasteiger charge is 2.34. The molecule has 0 aliphatic carbocycles. The molecule has 2 aromatic rings. The predicted octanol–water partition coefficient (Wildman–Crippen LogP) is 2.66. The van der Waals surface area contributed by atoms with Gasteiger partial charge < -0.3 is 10.2 Å². The minimum atomic E-state index is -4.55. The second kappa shape index (κ2) is 8.62. The molecule has 1 aromatic carbocycles. The molecule has 0 saturated carbocycles. The second-order valence-electron chi connectivity index (χ2n) is 6.92. The summed E-state index contributed by atoms with van der Waals surface area (Å²) in [4.78, 5) is 26.3. The van der Waals surface area contributed by atoms with Crippen molar-refractivity contribution < 1.29 is 22.8 Å². The van der Waals surface area contributed by atoms with Gasteiger partial charge in [0.25, 0.3) is 5.91 Å². The van der Waals surface area contributed by atoms with Crippen LogP contribution in [0.2, 0.25) is 0 Å². The fraction of sp³-hybridized carbons (Fsp3) is 0.474. The van der Waals surface area contributed by atoms with Crippen LogP contribution in [0, 0.1) is 5.92 Å². The molecule has 156 valence electrons. The van der Waals surface area contributed by atoms with Gasteiger partial charge in [-0.3, -0.25) is 9.59 Å². The lowest BCUT2D eigenvalue weighted by Crippen LogP contribution is -2.43. The van der Waals surface area contributed by atoms with Gasteiger partial charge in [0.1, 0.15) is 0 Å². The normalized spacial score (nSPS) is 15.4. The highest BCUT2D eigenvalue weighted by atomic mass is 19.4. The molecule has 0 atom stereocenters. The lowest BCUT2D eigenvalue weighted by molar-refractivity contribution is -0.137. The zero-order valence-corrected chi connectivity index (χ0v) is 15.9. The number of carbonyl (C=O) groups excluding carboxylic acids is 2. The van der Waals surface area contributed by atoms with Crippen molar-refractivity contribution in [3.8, 4) is 5.69 Å². The van der Waals surface area contributed by atoms with Crippen LogP contribution < -0.4 is 5.32 Å². The Morgan fingerprint density at radius 2 is 1.90 bits per heavy atom. The number of para-hydroxylation sites is 1. The average molecular weight is 409 g/mol. The van der Waals surface area contributed by atoms with E-state index in [1.54, 1.807) is 4.90 Å². The van der Waals surface area contributed by atoms with Gasteiger partial charge in [-0.1, -0.05) is 24.3 Å². The smallest absolute Gasteiger partial charge is 0.356 e. The van der Waals surface area contributed by atoms with Crippen LogP contribution in [0.15, 0.2) is 30.5 Å². The molecule has 10 heteroatoms. The van der Waals surface area contributed by atoms with Gasteiger partial charge in [-0.2, -0.15) is 13.2 Å². The number of likely N-dealkylation sites (tertiary alicyclic amines) is 1. The summed E-state index contributed by atoms with van der Waals surface area (Å²) in [6.45, 7) is 3.37. The van der Waals surface area contributed by atoms with Crippen LogP contribution in [0.3, 0.4) is 0 Å². The maximum absolute atomic E-state index is 13.2. The van der Waals surface area contributed by atoms with Crippen LogP contribution in [0.25, 0.3) is 5.69 Å². The number of aromatic nitrogens is 3. The largest absolute Gasteiger partial charge is 0.418 e. The first-order chi connectivity index (χ1) is 13.8. The van der Waals surface area contributed by atoms with Gasteiger partial charge in [-0.15, -0.1) is 5.10 Å². The van der Waals surface area contributed by atoms with Gasteiger partial charge in [-0.25, -0.2) is 4.68 Å². The summed E-state index contributed by atoms with van der Waals surface area (Å²) in [5, 5.41) is 10.3. The van der Waals surface area contributed by atoms with Crippen molar-refractivity contribution in [2.45, 2.75) is 32.4 Å². The van der Waals surface area contributed by atoms with Crippen LogP contribution in [0.5, 0.6) is 0 Å². The van der Waals surface area contributed by atoms with E-state index in [2.05, 4.69) is 15.6 Å². The van der Waals surface area contributed by atoms with Gasteiger partial charge in [0.15, 0.2) is 5.69 Å². The summed E-state index contributed by atoms with van der Waals surface area (Å²) in [5.41, 5.74) is -1.09. The third kappa shape index (κ3) is 4.75. The number of nitrogens with one attached hydrogen (secondary N) is 1. The van der Waals surface area contributed by atoms with Crippen molar-refractivity contribution in [1.29, 1.82) is 0 Å². The molecule has 2 heterocycles. The van der Waals surface area contributed by atoms with Crippen molar-refractivity contribution in [3.05, 3.63) is 41.7 Å². The molecule has 7 nitrogen and oxygen atoms in total. The van der Waals surface area contributed by atoms with Crippen molar-refractivity contribution in [2.24, 2.45) is 5.92 Å².